The summed E-state index contributed by atoms with van der Waals surface area (Å²) in [5.41, 5.74) is 0. The first-order valence-electron chi connectivity index (χ1n) is 8.74. The van der Waals surface area contributed by atoms with Crippen molar-refractivity contribution in [2.75, 3.05) is 19.6 Å². The van der Waals surface area contributed by atoms with Gasteiger partial charge >= 0.3 is 6.09 Å². The maximum absolute atomic E-state index is 12.7. The SMILES string of the molecule is CC[C@H](C)[C@@H]1NC(=O)[C@H]2CN(C(=O)Oc3ccc(Cl)cc3)CCN2C1=O. The van der Waals surface area contributed by atoms with Crippen molar-refractivity contribution in [3.8, 4) is 5.75 Å². The van der Waals surface area contributed by atoms with Crippen molar-refractivity contribution in [1.29, 1.82) is 0 Å². The topological polar surface area (TPSA) is 79.0 Å². The van der Waals surface area contributed by atoms with Crippen LogP contribution in [-0.4, -0.2) is 59.4 Å². The summed E-state index contributed by atoms with van der Waals surface area (Å²) in [5, 5.41) is 3.36. The number of carbonyl (C=O) groups is 3. The average Bonchev–Trinajstić information content (AvgIpc) is 2.65. The van der Waals surface area contributed by atoms with Gasteiger partial charge in [-0.2, -0.15) is 0 Å². The van der Waals surface area contributed by atoms with Crippen molar-refractivity contribution in [2.45, 2.75) is 32.4 Å². The normalized spacial score (nSPS) is 24.0. The molecular formula is C18H22ClN3O4. The summed E-state index contributed by atoms with van der Waals surface area (Å²) in [6, 6.07) is 5.30. The molecule has 3 amide bonds. The van der Waals surface area contributed by atoms with Crippen LogP contribution >= 0.6 is 11.6 Å². The van der Waals surface area contributed by atoms with E-state index in [9.17, 15) is 14.4 Å². The number of benzene rings is 1. The van der Waals surface area contributed by atoms with E-state index in [1.165, 1.54) is 4.90 Å². The van der Waals surface area contributed by atoms with E-state index in [4.69, 9.17) is 16.3 Å². The van der Waals surface area contributed by atoms with Crippen molar-refractivity contribution < 1.29 is 19.1 Å². The van der Waals surface area contributed by atoms with Gasteiger partial charge in [0.1, 0.15) is 17.8 Å². The second-order valence-corrected chi connectivity index (χ2v) is 7.12. The molecule has 26 heavy (non-hydrogen) atoms. The number of nitrogens with zero attached hydrogens (tertiary/aromatic N) is 2. The smallest absolute Gasteiger partial charge is 0.410 e. The summed E-state index contributed by atoms with van der Waals surface area (Å²) >= 11 is 5.81. The molecule has 3 rings (SSSR count). The average molecular weight is 380 g/mol. The first-order valence-corrected chi connectivity index (χ1v) is 9.11. The lowest BCUT2D eigenvalue weighted by Crippen LogP contribution is -2.70. The minimum Gasteiger partial charge on any atom is -0.410 e. The van der Waals surface area contributed by atoms with Crippen LogP contribution in [0, 0.1) is 5.92 Å². The zero-order chi connectivity index (χ0) is 18.8. The van der Waals surface area contributed by atoms with Gasteiger partial charge in [-0.25, -0.2) is 4.79 Å². The van der Waals surface area contributed by atoms with E-state index in [1.807, 2.05) is 13.8 Å². The Morgan fingerprint density at radius 1 is 1.31 bits per heavy atom. The first kappa shape index (κ1) is 18.5. The minimum atomic E-state index is -0.672. The lowest BCUT2D eigenvalue weighted by atomic mass is 9.93. The quantitative estimate of drug-likeness (QED) is 0.869. The summed E-state index contributed by atoms with van der Waals surface area (Å²) in [4.78, 5) is 40.5. The Morgan fingerprint density at radius 3 is 2.65 bits per heavy atom. The van der Waals surface area contributed by atoms with E-state index >= 15 is 0 Å². The van der Waals surface area contributed by atoms with Gasteiger partial charge in [-0.1, -0.05) is 31.9 Å². The number of hydrogen-bond donors (Lipinski definition) is 1. The molecule has 3 atom stereocenters. The van der Waals surface area contributed by atoms with Gasteiger partial charge in [-0.15, -0.1) is 0 Å². The van der Waals surface area contributed by atoms with Gasteiger partial charge in [0.05, 0.1) is 6.54 Å². The van der Waals surface area contributed by atoms with Gasteiger partial charge in [0.25, 0.3) is 0 Å². The van der Waals surface area contributed by atoms with Crippen molar-refractivity contribution in [2.24, 2.45) is 5.92 Å². The number of nitrogens with one attached hydrogen (secondary N) is 1. The van der Waals surface area contributed by atoms with Crippen LogP contribution in [0.25, 0.3) is 0 Å². The monoisotopic (exact) mass is 379 g/mol. The van der Waals surface area contributed by atoms with Crippen LogP contribution in [0.1, 0.15) is 20.3 Å². The molecule has 0 saturated carbocycles. The largest absolute Gasteiger partial charge is 0.415 e. The maximum Gasteiger partial charge on any atom is 0.415 e. The molecule has 2 saturated heterocycles. The number of halogens is 1. The Bertz CT molecular complexity index is 709. The Morgan fingerprint density at radius 2 is 2.00 bits per heavy atom. The van der Waals surface area contributed by atoms with Gasteiger partial charge in [0.2, 0.25) is 11.8 Å². The third-order valence-corrected chi connectivity index (χ3v) is 5.27. The van der Waals surface area contributed by atoms with Gasteiger partial charge in [-0.05, 0) is 30.2 Å². The summed E-state index contributed by atoms with van der Waals surface area (Å²) in [7, 11) is 0. The molecule has 0 aliphatic carbocycles. The van der Waals surface area contributed by atoms with Crippen LogP contribution in [0.15, 0.2) is 24.3 Å². The highest BCUT2D eigenvalue weighted by atomic mass is 35.5. The number of amides is 3. The zero-order valence-electron chi connectivity index (χ0n) is 14.8. The number of fused-ring (bicyclic) bond motifs is 1. The lowest BCUT2D eigenvalue weighted by Gasteiger charge is -2.45. The summed E-state index contributed by atoms with van der Waals surface area (Å²) in [6.07, 6.45) is 0.255. The fourth-order valence-electron chi connectivity index (χ4n) is 3.22. The van der Waals surface area contributed by atoms with Crippen molar-refractivity contribution in [1.82, 2.24) is 15.1 Å². The van der Waals surface area contributed by atoms with Crippen molar-refractivity contribution in [3.05, 3.63) is 29.3 Å². The lowest BCUT2D eigenvalue weighted by molar-refractivity contribution is -0.153. The number of rotatable bonds is 3. The molecule has 2 aliphatic heterocycles. The van der Waals surface area contributed by atoms with Crippen LogP contribution < -0.4 is 10.1 Å². The molecule has 0 bridgehead atoms. The molecule has 1 N–H and O–H groups in total. The number of carbonyl (C=O) groups excluding carboxylic acids is 3. The van der Waals surface area contributed by atoms with E-state index < -0.39 is 18.2 Å². The summed E-state index contributed by atoms with van der Waals surface area (Å²) in [6.45, 7) is 4.70. The highest BCUT2D eigenvalue weighted by Gasteiger charge is 2.45. The van der Waals surface area contributed by atoms with Crippen molar-refractivity contribution in [3.63, 3.8) is 0 Å². The predicted octanol–water partition coefficient (Wildman–Crippen LogP) is 1.90. The second-order valence-electron chi connectivity index (χ2n) is 6.69. The number of ether oxygens (including phenoxy) is 1. The number of hydrogen-bond acceptors (Lipinski definition) is 4. The summed E-state index contributed by atoms with van der Waals surface area (Å²) < 4.78 is 5.32. The van der Waals surface area contributed by atoms with E-state index in [0.29, 0.717) is 23.9 Å². The molecule has 2 heterocycles. The molecule has 0 radical (unpaired) electrons. The molecule has 0 unspecified atom stereocenters. The molecule has 0 spiro atoms. The van der Waals surface area contributed by atoms with Crippen molar-refractivity contribution >= 4 is 29.5 Å². The molecular weight excluding hydrogens is 358 g/mol. The third kappa shape index (κ3) is 3.62. The van der Waals surface area contributed by atoms with Gasteiger partial charge in [-0.3, -0.25) is 9.59 Å². The molecule has 1 aromatic rings. The Hall–Kier alpha value is -2.28. The van der Waals surface area contributed by atoms with E-state index in [0.717, 1.165) is 6.42 Å². The first-order chi connectivity index (χ1) is 12.4. The molecule has 0 aromatic heterocycles. The van der Waals surface area contributed by atoms with Gasteiger partial charge in [0.15, 0.2) is 0 Å². The molecule has 140 valence electrons. The minimum absolute atomic E-state index is 0.0697. The maximum atomic E-state index is 12.7. The summed E-state index contributed by atoms with van der Waals surface area (Å²) in [5.74, 6) is 0.150. The molecule has 7 nitrogen and oxygen atoms in total. The molecule has 1 aromatic carbocycles. The van der Waals surface area contributed by atoms with Gasteiger partial charge in [0, 0.05) is 18.1 Å². The Labute approximate surface area is 157 Å². The fraction of sp³-hybridized carbons (Fsp3) is 0.500. The zero-order valence-corrected chi connectivity index (χ0v) is 15.5. The highest BCUT2D eigenvalue weighted by molar-refractivity contribution is 6.30. The standard InChI is InChI=1S/C18H22ClN3O4/c1-3-11(2)15-17(24)22-9-8-21(10-14(22)16(23)20-15)18(25)26-13-6-4-12(19)5-7-13/h4-7,11,14-15H,3,8-10H2,1-2H3,(H,20,23)/t11-,14+,15-/m0/s1. The van der Waals surface area contributed by atoms with Crippen LogP contribution in [0.4, 0.5) is 4.79 Å². The number of piperazine rings is 2. The highest BCUT2D eigenvalue weighted by Crippen LogP contribution is 2.22. The predicted molar refractivity (Wildman–Crippen MR) is 95.9 cm³/mol. The van der Waals surface area contributed by atoms with Crippen LogP contribution in [0.5, 0.6) is 5.75 Å². The van der Waals surface area contributed by atoms with Crippen LogP contribution in [0.3, 0.4) is 0 Å². The Balaban J connectivity index is 1.66. The molecule has 8 heteroatoms. The molecule has 2 fully saturated rings. The van der Waals surface area contributed by atoms with Gasteiger partial charge < -0.3 is 19.9 Å². The van der Waals surface area contributed by atoms with E-state index in [-0.39, 0.29) is 24.3 Å². The molecule has 2 aliphatic rings. The third-order valence-electron chi connectivity index (χ3n) is 5.02. The Kier molecular flexibility index (Phi) is 5.36. The van der Waals surface area contributed by atoms with E-state index in [1.54, 1.807) is 29.2 Å². The van der Waals surface area contributed by atoms with Crippen LogP contribution in [-0.2, 0) is 9.59 Å². The van der Waals surface area contributed by atoms with Crippen LogP contribution in [0.2, 0.25) is 5.02 Å². The second kappa shape index (κ2) is 7.53. The van der Waals surface area contributed by atoms with E-state index in [2.05, 4.69) is 5.32 Å². The fourth-order valence-corrected chi connectivity index (χ4v) is 3.34.